The highest BCUT2D eigenvalue weighted by Crippen LogP contribution is 2.47. The van der Waals surface area contributed by atoms with E-state index in [1.54, 1.807) is 0 Å². The fraction of sp³-hybridized carbons (Fsp3) is 0.423. The van der Waals surface area contributed by atoms with Crippen molar-refractivity contribution in [3.05, 3.63) is 58.7 Å². The van der Waals surface area contributed by atoms with Crippen molar-refractivity contribution in [3.8, 4) is 0 Å². The van der Waals surface area contributed by atoms with E-state index in [-0.39, 0.29) is 11.2 Å². The molecule has 0 bridgehead atoms. The molecule has 0 spiro atoms. The first-order valence-electron chi connectivity index (χ1n) is 10.7. The number of aryl methyl sites for hydroxylation is 1. The van der Waals surface area contributed by atoms with E-state index < -0.39 is 0 Å². The van der Waals surface area contributed by atoms with Gasteiger partial charge < -0.3 is 5.73 Å². The van der Waals surface area contributed by atoms with E-state index in [9.17, 15) is 4.79 Å². The average Bonchev–Trinajstić information content (AvgIpc) is 2.67. The zero-order valence-electron chi connectivity index (χ0n) is 17.4. The van der Waals surface area contributed by atoms with E-state index in [0.717, 1.165) is 40.4 Å². The molecule has 0 amide bonds. The standard InChI is InChI=1S/C26H31NO/c1-4-5-6-7-9-17-11-12-20-21(25(17)27)14-13-19-18-10-8-15-26(2,3)22(18)16-23(28)24(19)20/h8,10-14H,4-7,9,15-16,27H2,1-3H3. The van der Waals surface area contributed by atoms with Crippen LogP contribution in [0.5, 0.6) is 0 Å². The number of ketones is 1. The summed E-state index contributed by atoms with van der Waals surface area (Å²) in [5.74, 6) is 0.234. The first-order valence-corrected chi connectivity index (χ1v) is 10.7. The van der Waals surface area contributed by atoms with E-state index in [1.807, 2.05) is 0 Å². The van der Waals surface area contributed by atoms with Crippen LogP contribution in [0, 0.1) is 5.41 Å². The third-order valence-corrected chi connectivity index (χ3v) is 6.59. The lowest BCUT2D eigenvalue weighted by Crippen LogP contribution is -2.24. The Morgan fingerprint density at radius 3 is 2.61 bits per heavy atom. The van der Waals surface area contributed by atoms with Crippen molar-refractivity contribution in [2.75, 3.05) is 5.73 Å². The molecule has 0 saturated heterocycles. The summed E-state index contributed by atoms with van der Waals surface area (Å²) in [7, 11) is 0. The largest absolute Gasteiger partial charge is 0.398 e. The molecule has 0 fully saturated rings. The number of nitrogen functional groups attached to an aromatic ring is 1. The highest BCUT2D eigenvalue weighted by atomic mass is 16.1. The minimum absolute atomic E-state index is 0.0494. The van der Waals surface area contributed by atoms with Gasteiger partial charge in [-0.1, -0.05) is 76.5 Å². The molecule has 2 nitrogen and oxygen atoms in total. The molecule has 2 heteroatoms. The van der Waals surface area contributed by atoms with Gasteiger partial charge >= 0.3 is 0 Å². The summed E-state index contributed by atoms with van der Waals surface area (Å²) in [5, 5.41) is 2.05. The minimum atomic E-state index is 0.0494. The van der Waals surface area contributed by atoms with E-state index >= 15 is 0 Å². The predicted molar refractivity (Wildman–Crippen MR) is 120 cm³/mol. The van der Waals surface area contributed by atoms with Gasteiger partial charge in [0.25, 0.3) is 0 Å². The lowest BCUT2D eigenvalue weighted by Gasteiger charge is -2.35. The van der Waals surface area contributed by atoms with Gasteiger partial charge in [-0.3, -0.25) is 4.79 Å². The summed E-state index contributed by atoms with van der Waals surface area (Å²) >= 11 is 0. The normalized spacial score (nSPS) is 17.8. The van der Waals surface area contributed by atoms with Crippen LogP contribution in [-0.2, 0) is 6.42 Å². The van der Waals surface area contributed by atoms with Crippen molar-refractivity contribution in [2.45, 2.75) is 65.7 Å². The molecule has 146 valence electrons. The molecule has 0 saturated carbocycles. The van der Waals surface area contributed by atoms with Gasteiger partial charge in [-0.25, -0.2) is 0 Å². The highest BCUT2D eigenvalue weighted by molar-refractivity contribution is 6.17. The van der Waals surface area contributed by atoms with Crippen LogP contribution in [-0.4, -0.2) is 5.78 Å². The third-order valence-electron chi connectivity index (χ3n) is 6.59. The zero-order chi connectivity index (χ0) is 19.9. The Kier molecular flexibility index (Phi) is 4.91. The Balaban J connectivity index is 1.80. The Hall–Kier alpha value is -2.35. The summed E-state index contributed by atoms with van der Waals surface area (Å²) < 4.78 is 0. The number of nitrogens with two attached hydrogens (primary N) is 1. The van der Waals surface area contributed by atoms with Crippen LogP contribution < -0.4 is 5.73 Å². The number of benzene rings is 2. The van der Waals surface area contributed by atoms with Crippen molar-refractivity contribution in [1.82, 2.24) is 0 Å². The number of fused-ring (bicyclic) bond motifs is 4. The number of hydrogen-bond donors (Lipinski definition) is 1. The summed E-state index contributed by atoms with van der Waals surface area (Å²) in [5.41, 5.74) is 13.1. The van der Waals surface area contributed by atoms with Gasteiger partial charge in [0.2, 0.25) is 0 Å². The molecule has 0 unspecified atom stereocenters. The van der Waals surface area contributed by atoms with Crippen LogP contribution in [0.3, 0.4) is 0 Å². The number of hydrogen-bond acceptors (Lipinski definition) is 2. The number of anilines is 1. The monoisotopic (exact) mass is 373 g/mol. The first kappa shape index (κ1) is 19.0. The molecule has 2 aromatic rings. The molecule has 2 aliphatic carbocycles. The Morgan fingerprint density at radius 2 is 1.82 bits per heavy atom. The van der Waals surface area contributed by atoms with Crippen molar-refractivity contribution >= 4 is 27.8 Å². The predicted octanol–water partition coefficient (Wildman–Crippen LogP) is 6.87. The third kappa shape index (κ3) is 3.09. The van der Waals surface area contributed by atoms with Gasteiger partial charge in [-0.15, -0.1) is 0 Å². The maximum Gasteiger partial charge on any atom is 0.168 e. The van der Waals surface area contributed by atoms with Gasteiger partial charge in [0.1, 0.15) is 0 Å². The molecule has 0 heterocycles. The van der Waals surface area contributed by atoms with E-state index in [1.165, 1.54) is 42.4 Å². The Bertz CT molecular complexity index is 1010. The smallest absolute Gasteiger partial charge is 0.168 e. The van der Waals surface area contributed by atoms with E-state index in [2.05, 4.69) is 57.2 Å². The second-order valence-electron chi connectivity index (χ2n) is 9.01. The maximum atomic E-state index is 13.2. The van der Waals surface area contributed by atoms with Gasteiger partial charge in [-0.2, -0.15) is 0 Å². The first-order chi connectivity index (χ1) is 13.4. The van der Waals surface area contributed by atoms with Crippen LogP contribution >= 0.6 is 0 Å². The molecule has 2 aliphatic rings. The van der Waals surface area contributed by atoms with Crippen LogP contribution in [0.15, 0.2) is 42.0 Å². The Labute approximate surface area is 168 Å². The summed E-state index contributed by atoms with van der Waals surface area (Å²) in [6.07, 6.45) is 11.9. The Morgan fingerprint density at radius 1 is 1.04 bits per heavy atom. The lowest BCUT2D eigenvalue weighted by molar-refractivity contribution is 0.0985. The second-order valence-corrected chi connectivity index (χ2v) is 9.01. The van der Waals surface area contributed by atoms with E-state index in [4.69, 9.17) is 5.73 Å². The maximum absolute atomic E-state index is 13.2. The molecular formula is C26H31NO. The van der Waals surface area contributed by atoms with Gasteiger partial charge in [0, 0.05) is 23.1 Å². The fourth-order valence-electron chi connectivity index (χ4n) is 4.85. The summed E-state index contributed by atoms with van der Waals surface area (Å²) in [4.78, 5) is 13.2. The molecule has 0 atom stereocenters. The molecular weight excluding hydrogens is 342 g/mol. The fourth-order valence-corrected chi connectivity index (χ4v) is 4.85. The summed E-state index contributed by atoms with van der Waals surface area (Å²) in [6, 6.07) is 8.51. The van der Waals surface area contributed by atoms with Gasteiger partial charge in [0.05, 0.1) is 0 Å². The number of allylic oxidation sites excluding steroid dienone is 4. The minimum Gasteiger partial charge on any atom is -0.398 e. The lowest BCUT2D eigenvalue weighted by atomic mass is 9.68. The van der Waals surface area contributed by atoms with Gasteiger partial charge in [0.15, 0.2) is 5.78 Å². The molecule has 2 aromatic carbocycles. The molecule has 0 radical (unpaired) electrons. The molecule has 28 heavy (non-hydrogen) atoms. The van der Waals surface area contributed by atoms with Crippen molar-refractivity contribution in [1.29, 1.82) is 0 Å². The quantitative estimate of drug-likeness (QED) is 0.459. The van der Waals surface area contributed by atoms with Gasteiger partial charge in [-0.05, 0) is 52.3 Å². The molecule has 0 aromatic heterocycles. The average molecular weight is 374 g/mol. The number of Topliss-reactive ketones (excluding diaryl/α,β-unsaturated/α-hetero) is 1. The van der Waals surface area contributed by atoms with E-state index in [0.29, 0.717) is 6.42 Å². The summed E-state index contributed by atoms with van der Waals surface area (Å²) in [6.45, 7) is 6.72. The van der Waals surface area contributed by atoms with Crippen molar-refractivity contribution < 1.29 is 4.79 Å². The van der Waals surface area contributed by atoms with Crippen LogP contribution in [0.2, 0.25) is 0 Å². The number of rotatable bonds is 5. The highest BCUT2D eigenvalue weighted by Gasteiger charge is 2.35. The van der Waals surface area contributed by atoms with Crippen molar-refractivity contribution in [3.63, 3.8) is 0 Å². The second kappa shape index (κ2) is 7.24. The number of unbranched alkanes of at least 4 members (excludes halogenated alkanes) is 3. The SMILES string of the molecule is CCCCCCc1ccc2c3c(ccc2c1N)C1=C(CC3=O)C(C)(C)CC=C1. The molecule has 4 rings (SSSR count). The van der Waals surface area contributed by atoms with Crippen LogP contribution in [0.25, 0.3) is 16.3 Å². The molecule has 0 aliphatic heterocycles. The van der Waals surface area contributed by atoms with Crippen LogP contribution in [0.4, 0.5) is 5.69 Å². The topological polar surface area (TPSA) is 43.1 Å². The zero-order valence-corrected chi connectivity index (χ0v) is 17.4. The number of carbonyl (C=O) groups is 1. The molecule has 2 N–H and O–H groups in total. The number of carbonyl (C=O) groups excluding carboxylic acids is 1. The van der Waals surface area contributed by atoms with Crippen LogP contribution in [0.1, 0.15) is 80.8 Å². The van der Waals surface area contributed by atoms with Crippen molar-refractivity contribution in [2.24, 2.45) is 5.41 Å².